The number of anilines is 2. The second kappa shape index (κ2) is 7.85. The van der Waals surface area contributed by atoms with Gasteiger partial charge in [0.15, 0.2) is 0 Å². The average molecular weight is 353 g/mol. The van der Waals surface area contributed by atoms with Crippen molar-refractivity contribution in [3.05, 3.63) is 58.1 Å². The predicted octanol–water partition coefficient (Wildman–Crippen LogP) is 3.83. The van der Waals surface area contributed by atoms with Crippen LogP contribution in [0.5, 0.6) is 0 Å². The summed E-state index contributed by atoms with van der Waals surface area (Å²) < 4.78 is 4.63. The smallest absolute Gasteiger partial charge is 0.337 e. The fraction of sp³-hybridized carbons (Fsp3) is 0.125. The highest BCUT2D eigenvalue weighted by molar-refractivity contribution is 6.35. The van der Waals surface area contributed by atoms with Crippen molar-refractivity contribution >= 4 is 46.5 Å². The number of amides is 1. The molecular weight excluding hydrogens is 339 g/mol. The molecule has 0 saturated carbocycles. The monoisotopic (exact) mass is 352 g/mol. The maximum atomic E-state index is 12.0. The summed E-state index contributed by atoms with van der Waals surface area (Å²) in [6.07, 6.45) is 0. The minimum atomic E-state index is -0.468. The summed E-state index contributed by atoms with van der Waals surface area (Å²) in [4.78, 5) is 23.4. The van der Waals surface area contributed by atoms with E-state index in [0.29, 0.717) is 27.0 Å². The van der Waals surface area contributed by atoms with Gasteiger partial charge >= 0.3 is 5.97 Å². The van der Waals surface area contributed by atoms with Gasteiger partial charge in [-0.2, -0.15) is 0 Å². The number of hydrogen-bond donors (Lipinski definition) is 2. The van der Waals surface area contributed by atoms with Crippen LogP contribution >= 0.6 is 23.2 Å². The van der Waals surface area contributed by atoms with E-state index in [0.717, 1.165) is 0 Å². The van der Waals surface area contributed by atoms with Crippen LogP contribution in [0.4, 0.5) is 11.4 Å². The van der Waals surface area contributed by atoms with Gasteiger partial charge in [0, 0.05) is 10.7 Å². The van der Waals surface area contributed by atoms with Crippen LogP contribution in [-0.4, -0.2) is 25.5 Å². The zero-order chi connectivity index (χ0) is 16.8. The van der Waals surface area contributed by atoms with Gasteiger partial charge in [-0.3, -0.25) is 4.79 Å². The third kappa shape index (κ3) is 4.87. The molecule has 1 amide bonds. The van der Waals surface area contributed by atoms with E-state index in [2.05, 4.69) is 15.4 Å². The van der Waals surface area contributed by atoms with Gasteiger partial charge in [-0.25, -0.2) is 4.79 Å². The fourth-order valence-corrected chi connectivity index (χ4v) is 2.21. The first-order valence-electron chi connectivity index (χ1n) is 6.67. The van der Waals surface area contributed by atoms with Gasteiger partial charge in [0.2, 0.25) is 5.91 Å². The second-order valence-electron chi connectivity index (χ2n) is 4.60. The Morgan fingerprint density at radius 2 is 1.91 bits per heavy atom. The third-order valence-electron chi connectivity index (χ3n) is 2.94. The quantitative estimate of drug-likeness (QED) is 0.802. The van der Waals surface area contributed by atoms with Gasteiger partial charge in [-0.1, -0.05) is 29.3 Å². The molecule has 0 aliphatic heterocycles. The Morgan fingerprint density at radius 3 is 2.65 bits per heavy atom. The zero-order valence-electron chi connectivity index (χ0n) is 12.2. The minimum Gasteiger partial charge on any atom is -0.465 e. The van der Waals surface area contributed by atoms with Crippen molar-refractivity contribution in [1.82, 2.24) is 0 Å². The van der Waals surface area contributed by atoms with Crippen LogP contribution in [-0.2, 0) is 9.53 Å². The molecule has 0 unspecified atom stereocenters. The van der Waals surface area contributed by atoms with Crippen molar-refractivity contribution < 1.29 is 14.3 Å². The lowest BCUT2D eigenvalue weighted by Gasteiger charge is -2.10. The number of carbonyl (C=O) groups excluding carboxylic acids is 2. The molecule has 23 heavy (non-hydrogen) atoms. The number of hydrogen-bond acceptors (Lipinski definition) is 4. The summed E-state index contributed by atoms with van der Waals surface area (Å²) in [6, 6.07) is 11.4. The Balaban J connectivity index is 1.97. The number of ether oxygens (including phenoxy) is 1. The minimum absolute atomic E-state index is 0.00249. The Morgan fingerprint density at radius 1 is 1.13 bits per heavy atom. The van der Waals surface area contributed by atoms with Crippen molar-refractivity contribution in [1.29, 1.82) is 0 Å². The number of benzene rings is 2. The Kier molecular flexibility index (Phi) is 5.84. The summed E-state index contributed by atoms with van der Waals surface area (Å²) in [5.41, 5.74) is 1.42. The van der Waals surface area contributed by atoms with Crippen LogP contribution in [0.3, 0.4) is 0 Å². The first kappa shape index (κ1) is 17.1. The summed E-state index contributed by atoms with van der Waals surface area (Å²) in [5, 5.41) is 6.57. The van der Waals surface area contributed by atoms with E-state index in [4.69, 9.17) is 23.2 Å². The molecule has 0 fully saturated rings. The van der Waals surface area contributed by atoms with Crippen molar-refractivity contribution in [2.24, 2.45) is 0 Å². The van der Waals surface area contributed by atoms with Crippen LogP contribution < -0.4 is 10.6 Å². The third-order valence-corrected chi connectivity index (χ3v) is 3.50. The maximum absolute atomic E-state index is 12.0. The van der Waals surface area contributed by atoms with E-state index < -0.39 is 5.97 Å². The lowest BCUT2D eigenvalue weighted by Crippen LogP contribution is -2.22. The number of rotatable bonds is 5. The zero-order valence-corrected chi connectivity index (χ0v) is 13.7. The lowest BCUT2D eigenvalue weighted by atomic mass is 10.2. The molecule has 0 spiro atoms. The Labute approximate surface area is 143 Å². The summed E-state index contributed by atoms with van der Waals surface area (Å²) >= 11 is 11.9. The molecule has 0 saturated heterocycles. The van der Waals surface area contributed by atoms with Gasteiger partial charge < -0.3 is 15.4 Å². The number of methoxy groups -OCH3 is 1. The van der Waals surface area contributed by atoms with Crippen LogP contribution in [0.15, 0.2) is 42.5 Å². The summed E-state index contributed by atoms with van der Waals surface area (Å²) in [5.74, 6) is -0.756. The van der Waals surface area contributed by atoms with E-state index in [1.54, 1.807) is 36.4 Å². The molecule has 120 valence electrons. The van der Waals surface area contributed by atoms with Gasteiger partial charge in [-0.05, 0) is 36.4 Å². The topological polar surface area (TPSA) is 67.4 Å². The molecule has 5 nitrogen and oxygen atoms in total. The van der Waals surface area contributed by atoms with Gasteiger partial charge in [0.05, 0.1) is 29.9 Å². The molecule has 7 heteroatoms. The van der Waals surface area contributed by atoms with E-state index in [-0.39, 0.29) is 12.5 Å². The molecular formula is C16H14Cl2N2O3. The van der Waals surface area contributed by atoms with Crippen molar-refractivity contribution in [2.45, 2.75) is 0 Å². The predicted molar refractivity (Wildman–Crippen MR) is 91.4 cm³/mol. The van der Waals surface area contributed by atoms with Crippen LogP contribution in [0.1, 0.15) is 10.4 Å². The molecule has 2 aromatic rings. The maximum Gasteiger partial charge on any atom is 0.337 e. The SMILES string of the molecule is COC(=O)c1cccc(NC(=O)CNc2cc(Cl)ccc2Cl)c1. The molecule has 2 N–H and O–H groups in total. The van der Waals surface area contributed by atoms with E-state index in [9.17, 15) is 9.59 Å². The molecule has 0 aliphatic carbocycles. The molecule has 0 heterocycles. The van der Waals surface area contributed by atoms with E-state index in [1.807, 2.05) is 0 Å². The number of nitrogens with one attached hydrogen (secondary N) is 2. The van der Waals surface area contributed by atoms with E-state index >= 15 is 0 Å². The summed E-state index contributed by atoms with van der Waals surface area (Å²) in [7, 11) is 1.30. The molecule has 0 atom stereocenters. The molecule has 2 aromatic carbocycles. The van der Waals surface area contributed by atoms with Gasteiger partial charge in [0.1, 0.15) is 0 Å². The molecule has 0 bridgehead atoms. The normalized spacial score (nSPS) is 10.0. The fourth-order valence-electron chi connectivity index (χ4n) is 1.86. The molecule has 2 rings (SSSR count). The molecule has 0 aliphatic rings. The molecule has 0 radical (unpaired) electrons. The highest BCUT2D eigenvalue weighted by Crippen LogP contribution is 2.25. The lowest BCUT2D eigenvalue weighted by molar-refractivity contribution is -0.114. The van der Waals surface area contributed by atoms with Crippen LogP contribution in [0, 0.1) is 0 Å². The highest BCUT2D eigenvalue weighted by atomic mass is 35.5. The van der Waals surface area contributed by atoms with Crippen LogP contribution in [0.25, 0.3) is 0 Å². The largest absolute Gasteiger partial charge is 0.465 e. The number of halogens is 2. The summed E-state index contributed by atoms with van der Waals surface area (Å²) in [6.45, 7) is 0.00249. The van der Waals surface area contributed by atoms with E-state index in [1.165, 1.54) is 13.2 Å². The van der Waals surface area contributed by atoms with Crippen molar-refractivity contribution in [2.75, 3.05) is 24.3 Å². The average Bonchev–Trinajstić information content (AvgIpc) is 2.55. The van der Waals surface area contributed by atoms with Gasteiger partial charge in [0.25, 0.3) is 0 Å². The van der Waals surface area contributed by atoms with Crippen LogP contribution in [0.2, 0.25) is 10.0 Å². The first-order valence-corrected chi connectivity index (χ1v) is 7.42. The Hall–Kier alpha value is -2.24. The highest BCUT2D eigenvalue weighted by Gasteiger charge is 2.08. The number of carbonyl (C=O) groups is 2. The van der Waals surface area contributed by atoms with Crippen molar-refractivity contribution in [3.8, 4) is 0 Å². The first-order chi connectivity index (χ1) is 11.0. The second-order valence-corrected chi connectivity index (χ2v) is 5.44. The molecule has 0 aromatic heterocycles. The standard InChI is InChI=1S/C16H14Cl2N2O3/c1-23-16(22)10-3-2-4-12(7-10)20-15(21)9-19-14-8-11(17)5-6-13(14)18/h2-8,19H,9H2,1H3,(H,20,21). The Bertz CT molecular complexity index is 735. The van der Waals surface area contributed by atoms with Crippen molar-refractivity contribution in [3.63, 3.8) is 0 Å². The number of esters is 1. The van der Waals surface area contributed by atoms with Gasteiger partial charge in [-0.15, -0.1) is 0 Å².